The lowest BCUT2D eigenvalue weighted by Gasteiger charge is -2.34. The lowest BCUT2D eigenvalue weighted by atomic mass is 9.67. The van der Waals surface area contributed by atoms with Crippen molar-refractivity contribution in [3.8, 4) is 44.9 Å². The average molecular weight is 585 g/mol. The van der Waals surface area contributed by atoms with E-state index in [1.165, 1.54) is 71.6 Å². The molecule has 8 aromatic carbocycles. The third kappa shape index (κ3) is 3.40. The van der Waals surface area contributed by atoms with E-state index in [-0.39, 0.29) is 0 Å². The highest BCUT2D eigenvalue weighted by Crippen LogP contribution is 2.57. The number of benzene rings is 8. The van der Waals surface area contributed by atoms with Crippen LogP contribution in [0.15, 0.2) is 170 Å². The molecule has 10 rings (SSSR count). The highest BCUT2D eigenvalue weighted by atomic mass is 16.5. The Kier molecular flexibility index (Phi) is 5.27. The third-order valence-electron chi connectivity index (χ3n) is 10.1. The fourth-order valence-electron chi connectivity index (χ4n) is 8.18. The number of hydrogen-bond donors (Lipinski definition) is 0. The zero-order valence-electron chi connectivity index (χ0n) is 25.1. The van der Waals surface area contributed by atoms with Gasteiger partial charge in [-0.15, -0.1) is 0 Å². The van der Waals surface area contributed by atoms with E-state index in [2.05, 4.69) is 164 Å². The molecule has 46 heavy (non-hydrogen) atoms. The minimum absolute atomic E-state index is 0.471. The summed E-state index contributed by atoms with van der Waals surface area (Å²) in [6.07, 6.45) is 0. The van der Waals surface area contributed by atoms with Crippen LogP contribution < -0.4 is 4.74 Å². The summed E-state index contributed by atoms with van der Waals surface area (Å²) >= 11 is 0. The van der Waals surface area contributed by atoms with Crippen LogP contribution in [0.5, 0.6) is 11.5 Å². The first kappa shape index (κ1) is 25.4. The fraction of sp³-hybridized carbons (Fsp3) is 0.0222. The third-order valence-corrected chi connectivity index (χ3v) is 10.1. The topological polar surface area (TPSA) is 9.23 Å². The van der Waals surface area contributed by atoms with Gasteiger partial charge in [0.25, 0.3) is 0 Å². The van der Waals surface area contributed by atoms with Crippen LogP contribution in [0.4, 0.5) is 0 Å². The van der Waals surface area contributed by atoms with Crippen molar-refractivity contribution in [1.29, 1.82) is 0 Å². The van der Waals surface area contributed by atoms with Crippen LogP contribution >= 0.6 is 0 Å². The van der Waals surface area contributed by atoms with Gasteiger partial charge in [0.2, 0.25) is 0 Å². The molecule has 8 aromatic rings. The highest BCUT2D eigenvalue weighted by Gasteiger charge is 2.46. The van der Waals surface area contributed by atoms with E-state index in [0.29, 0.717) is 0 Å². The van der Waals surface area contributed by atoms with E-state index in [4.69, 9.17) is 4.74 Å². The van der Waals surface area contributed by atoms with Gasteiger partial charge in [-0.3, -0.25) is 0 Å². The molecule has 1 aliphatic carbocycles. The van der Waals surface area contributed by atoms with E-state index in [1.807, 2.05) is 6.07 Å². The minimum Gasteiger partial charge on any atom is -0.456 e. The molecule has 1 heterocycles. The second-order valence-corrected chi connectivity index (χ2v) is 12.4. The fourth-order valence-corrected chi connectivity index (χ4v) is 8.18. The van der Waals surface area contributed by atoms with E-state index < -0.39 is 5.41 Å². The quantitative estimate of drug-likeness (QED) is 0.201. The largest absolute Gasteiger partial charge is 0.456 e. The van der Waals surface area contributed by atoms with Crippen molar-refractivity contribution in [2.75, 3.05) is 0 Å². The number of ether oxygens (including phenoxy) is 1. The van der Waals surface area contributed by atoms with Gasteiger partial charge in [-0.25, -0.2) is 0 Å². The molecule has 0 N–H and O–H groups in total. The first-order valence-electron chi connectivity index (χ1n) is 15.9. The molecular formula is C45H28O. The van der Waals surface area contributed by atoms with Crippen LogP contribution in [0.1, 0.15) is 22.3 Å². The second kappa shape index (κ2) is 9.54. The van der Waals surface area contributed by atoms with Crippen LogP contribution in [-0.2, 0) is 5.41 Å². The van der Waals surface area contributed by atoms with Gasteiger partial charge in [0, 0.05) is 10.9 Å². The Balaban J connectivity index is 1.27. The van der Waals surface area contributed by atoms with Gasteiger partial charge in [-0.1, -0.05) is 146 Å². The molecular weight excluding hydrogens is 556 g/mol. The zero-order chi connectivity index (χ0) is 30.2. The lowest BCUT2D eigenvalue weighted by Crippen LogP contribution is -2.28. The van der Waals surface area contributed by atoms with E-state index >= 15 is 0 Å². The van der Waals surface area contributed by atoms with Gasteiger partial charge < -0.3 is 4.74 Å². The van der Waals surface area contributed by atoms with Gasteiger partial charge in [0.15, 0.2) is 0 Å². The van der Waals surface area contributed by atoms with Gasteiger partial charge in [0.1, 0.15) is 11.5 Å². The summed E-state index contributed by atoms with van der Waals surface area (Å²) < 4.78 is 6.44. The normalized spacial score (nSPS) is 15.7. The number of hydrogen-bond acceptors (Lipinski definition) is 1. The molecule has 1 aliphatic heterocycles. The van der Waals surface area contributed by atoms with Crippen LogP contribution in [0.2, 0.25) is 0 Å². The van der Waals surface area contributed by atoms with E-state index in [0.717, 1.165) is 17.1 Å². The Morgan fingerprint density at radius 1 is 0.370 bits per heavy atom. The average Bonchev–Trinajstić information content (AvgIpc) is 3.42. The summed E-state index contributed by atoms with van der Waals surface area (Å²) in [6, 6.07) is 62.2. The summed E-state index contributed by atoms with van der Waals surface area (Å²) in [6.45, 7) is 0. The predicted octanol–water partition coefficient (Wildman–Crippen LogP) is 11.8. The van der Waals surface area contributed by atoms with E-state index in [1.54, 1.807) is 0 Å². The Bertz CT molecular complexity index is 2510. The molecule has 0 spiro atoms. The van der Waals surface area contributed by atoms with Gasteiger partial charge in [0.05, 0.1) is 5.41 Å². The minimum atomic E-state index is -0.471. The summed E-state index contributed by atoms with van der Waals surface area (Å²) in [7, 11) is 0. The van der Waals surface area contributed by atoms with Crippen LogP contribution in [0.25, 0.3) is 54.9 Å². The molecule has 0 saturated heterocycles. The van der Waals surface area contributed by atoms with Crippen LogP contribution in [0.3, 0.4) is 0 Å². The Labute approximate surface area is 268 Å². The van der Waals surface area contributed by atoms with Crippen LogP contribution in [-0.4, -0.2) is 0 Å². The summed E-state index contributed by atoms with van der Waals surface area (Å²) in [5.74, 6) is 1.82. The molecule has 0 bridgehead atoms. The maximum Gasteiger partial charge on any atom is 0.135 e. The van der Waals surface area contributed by atoms with Crippen molar-refractivity contribution in [1.82, 2.24) is 0 Å². The van der Waals surface area contributed by atoms with Crippen LogP contribution in [0, 0.1) is 0 Å². The molecule has 1 unspecified atom stereocenters. The number of fused-ring (bicyclic) bond motifs is 6. The van der Waals surface area contributed by atoms with Crippen molar-refractivity contribution in [2.24, 2.45) is 0 Å². The van der Waals surface area contributed by atoms with Crippen molar-refractivity contribution in [3.63, 3.8) is 0 Å². The SMILES string of the molecule is c1ccc(C2(c3ccc4ccccc4c3)c3ccccc3-c3ccc(-c4ccc5c6c(cccc46)-c4ccccc4O5)cc32)cc1. The molecule has 0 amide bonds. The highest BCUT2D eigenvalue weighted by molar-refractivity contribution is 6.10. The molecule has 1 atom stereocenters. The summed E-state index contributed by atoms with van der Waals surface area (Å²) in [4.78, 5) is 0. The molecule has 0 aromatic heterocycles. The molecule has 2 aliphatic rings. The molecule has 1 heteroatoms. The zero-order valence-corrected chi connectivity index (χ0v) is 25.1. The first-order valence-corrected chi connectivity index (χ1v) is 15.9. The molecule has 0 radical (unpaired) electrons. The van der Waals surface area contributed by atoms with E-state index in [9.17, 15) is 0 Å². The molecule has 0 fully saturated rings. The molecule has 214 valence electrons. The number of rotatable bonds is 3. The molecule has 1 nitrogen and oxygen atoms in total. The smallest absolute Gasteiger partial charge is 0.135 e. The molecule has 0 saturated carbocycles. The first-order chi connectivity index (χ1) is 22.8. The monoisotopic (exact) mass is 584 g/mol. The van der Waals surface area contributed by atoms with Crippen molar-refractivity contribution < 1.29 is 4.74 Å². The van der Waals surface area contributed by atoms with Gasteiger partial charge in [-0.2, -0.15) is 0 Å². The second-order valence-electron chi connectivity index (χ2n) is 12.4. The summed E-state index contributed by atoms with van der Waals surface area (Å²) in [5, 5.41) is 4.88. The predicted molar refractivity (Wildman–Crippen MR) is 190 cm³/mol. The Hall–Kier alpha value is -5.92. The maximum absolute atomic E-state index is 6.44. The van der Waals surface area contributed by atoms with Crippen molar-refractivity contribution >= 4 is 21.5 Å². The summed E-state index contributed by atoms with van der Waals surface area (Å²) in [5.41, 5.74) is 12.1. The van der Waals surface area contributed by atoms with Gasteiger partial charge >= 0.3 is 0 Å². The van der Waals surface area contributed by atoms with Gasteiger partial charge in [-0.05, 0) is 90.5 Å². The Morgan fingerprint density at radius 3 is 2.00 bits per heavy atom. The van der Waals surface area contributed by atoms with Crippen molar-refractivity contribution in [3.05, 3.63) is 192 Å². The standard InChI is InChI=1S/C45H28O/c1-2-13-32(14-3-1)45(33-23-21-29-11-4-5-12-30(29)27-33)40-19-8-6-15-35(40)36-24-22-31(28-41(36)45)34-25-26-43-44-38(34)17-10-18-39(44)37-16-7-9-20-42(37)46-43/h1-28H. The lowest BCUT2D eigenvalue weighted by molar-refractivity contribution is 0.487. The number of para-hydroxylation sites is 1. The maximum atomic E-state index is 6.44. The Morgan fingerprint density at radius 2 is 1.09 bits per heavy atom. The van der Waals surface area contributed by atoms with Crippen molar-refractivity contribution in [2.45, 2.75) is 5.41 Å².